The lowest BCUT2D eigenvalue weighted by molar-refractivity contribution is -0.141. The summed E-state index contributed by atoms with van der Waals surface area (Å²) < 4.78 is 0. The Morgan fingerprint density at radius 2 is 2.40 bits per heavy atom. The van der Waals surface area contributed by atoms with Gasteiger partial charge in [0.15, 0.2) is 0 Å². The number of hydrogen-bond acceptors (Lipinski definition) is 3. The summed E-state index contributed by atoms with van der Waals surface area (Å²) in [6, 6.07) is -0.865. The number of carbonyl (C=O) groups is 3. The maximum atomic E-state index is 11.3. The van der Waals surface area contributed by atoms with E-state index in [1.807, 2.05) is 0 Å². The second-order valence-electron chi connectivity index (χ2n) is 3.81. The number of aliphatic carboxylic acids is 1. The third-order valence-electron chi connectivity index (χ3n) is 2.80. The van der Waals surface area contributed by atoms with E-state index in [2.05, 4.69) is 5.32 Å². The highest BCUT2D eigenvalue weighted by Gasteiger charge is 2.26. The van der Waals surface area contributed by atoms with Crippen LogP contribution in [0, 0.1) is 5.92 Å². The Labute approximate surface area is 87.8 Å². The molecule has 1 fully saturated rings. The predicted octanol–water partition coefficient (Wildman–Crippen LogP) is 0.335. The zero-order valence-electron chi connectivity index (χ0n) is 8.44. The smallest absolute Gasteiger partial charge is 0.326 e. The SMILES string of the molecule is O=CNC(CCC1CCCC1=O)C(=O)O. The van der Waals surface area contributed by atoms with Crippen molar-refractivity contribution < 1.29 is 19.5 Å². The topological polar surface area (TPSA) is 83.5 Å². The van der Waals surface area contributed by atoms with Gasteiger partial charge < -0.3 is 10.4 Å². The fraction of sp³-hybridized carbons (Fsp3) is 0.700. The Kier molecular flexibility index (Phi) is 4.27. The van der Waals surface area contributed by atoms with E-state index in [0.29, 0.717) is 25.7 Å². The number of hydrogen-bond donors (Lipinski definition) is 2. The number of nitrogens with one attached hydrogen (secondary N) is 1. The number of carbonyl (C=O) groups excluding carboxylic acids is 2. The highest BCUT2D eigenvalue weighted by molar-refractivity contribution is 5.83. The van der Waals surface area contributed by atoms with Crippen LogP contribution in [0.5, 0.6) is 0 Å². The van der Waals surface area contributed by atoms with Crippen molar-refractivity contribution in [3.63, 3.8) is 0 Å². The third-order valence-corrected chi connectivity index (χ3v) is 2.80. The van der Waals surface area contributed by atoms with E-state index in [1.54, 1.807) is 0 Å². The van der Waals surface area contributed by atoms with Gasteiger partial charge in [0.2, 0.25) is 6.41 Å². The van der Waals surface area contributed by atoms with Crippen molar-refractivity contribution in [3.8, 4) is 0 Å². The molecule has 1 saturated carbocycles. The fourth-order valence-electron chi connectivity index (χ4n) is 1.92. The molecule has 0 bridgehead atoms. The molecule has 1 aliphatic carbocycles. The second kappa shape index (κ2) is 5.48. The van der Waals surface area contributed by atoms with Crippen LogP contribution in [-0.2, 0) is 14.4 Å². The van der Waals surface area contributed by atoms with Gasteiger partial charge in [-0.1, -0.05) is 0 Å². The first-order valence-electron chi connectivity index (χ1n) is 5.10. The van der Waals surface area contributed by atoms with Crippen LogP contribution in [-0.4, -0.2) is 29.3 Å². The Morgan fingerprint density at radius 3 is 2.87 bits per heavy atom. The Morgan fingerprint density at radius 1 is 1.67 bits per heavy atom. The highest BCUT2D eigenvalue weighted by Crippen LogP contribution is 2.25. The van der Waals surface area contributed by atoms with Crippen LogP contribution in [0.15, 0.2) is 0 Å². The van der Waals surface area contributed by atoms with Gasteiger partial charge in [-0.25, -0.2) is 4.79 Å². The molecule has 15 heavy (non-hydrogen) atoms. The van der Waals surface area contributed by atoms with Gasteiger partial charge in [0.1, 0.15) is 11.8 Å². The van der Waals surface area contributed by atoms with E-state index in [4.69, 9.17) is 5.11 Å². The summed E-state index contributed by atoms with van der Waals surface area (Å²) in [7, 11) is 0. The van der Waals surface area contributed by atoms with E-state index in [0.717, 1.165) is 12.8 Å². The molecule has 0 aromatic carbocycles. The van der Waals surface area contributed by atoms with Crippen LogP contribution >= 0.6 is 0 Å². The Balaban J connectivity index is 2.35. The molecule has 2 N–H and O–H groups in total. The lowest BCUT2D eigenvalue weighted by atomic mass is 9.98. The normalized spacial score (nSPS) is 22.4. The number of ketones is 1. The van der Waals surface area contributed by atoms with Gasteiger partial charge in [-0.05, 0) is 25.7 Å². The molecular formula is C10H15NO4. The van der Waals surface area contributed by atoms with E-state index in [-0.39, 0.29) is 11.7 Å². The van der Waals surface area contributed by atoms with Crippen LogP contribution in [0.1, 0.15) is 32.1 Å². The monoisotopic (exact) mass is 213 g/mol. The van der Waals surface area contributed by atoms with Crippen LogP contribution in [0.25, 0.3) is 0 Å². The standard InChI is InChI=1S/C10H15NO4/c12-6-11-8(10(14)15)5-4-7-2-1-3-9(7)13/h6-8H,1-5H2,(H,11,12)(H,14,15). The molecule has 0 heterocycles. The molecule has 0 saturated heterocycles. The summed E-state index contributed by atoms with van der Waals surface area (Å²) in [5, 5.41) is 11.0. The van der Waals surface area contributed by atoms with Gasteiger partial charge in [0.05, 0.1) is 0 Å². The van der Waals surface area contributed by atoms with E-state index >= 15 is 0 Å². The van der Waals surface area contributed by atoms with Gasteiger partial charge in [-0.3, -0.25) is 9.59 Å². The summed E-state index contributed by atoms with van der Waals surface area (Å²) in [5.74, 6) is -0.821. The molecular weight excluding hydrogens is 198 g/mol. The summed E-state index contributed by atoms with van der Waals surface area (Å²) in [5.41, 5.74) is 0. The molecule has 2 unspecified atom stereocenters. The minimum atomic E-state index is -1.05. The first kappa shape index (κ1) is 11.7. The zero-order chi connectivity index (χ0) is 11.3. The molecule has 5 heteroatoms. The molecule has 1 aliphatic rings. The van der Waals surface area contributed by atoms with Crippen LogP contribution < -0.4 is 5.32 Å². The summed E-state index contributed by atoms with van der Waals surface area (Å²) in [4.78, 5) is 32.1. The molecule has 0 aromatic heterocycles. The van der Waals surface area contributed by atoms with Crippen LogP contribution in [0.3, 0.4) is 0 Å². The van der Waals surface area contributed by atoms with Gasteiger partial charge >= 0.3 is 5.97 Å². The van der Waals surface area contributed by atoms with E-state index in [9.17, 15) is 14.4 Å². The van der Waals surface area contributed by atoms with Crippen LogP contribution in [0.4, 0.5) is 0 Å². The number of rotatable bonds is 6. The maximum absolute atomic E-state index is 11.3. The van der Waals surface area contributed by atoms with Gasteiger partial charge in [-0.15, -0.1) is 0 Å². The van der Waals surface area contributed by atoms with Crippen molar-refractivity contribution >= 4 is 18.2 Å². The largest absolute Gasteiger partial charge is 0.480 e. The first-order chi connectivity index (χ1) is 7.15. The molecule has 0 aliphatic heterocycles. The number of carboxylic acids is 1. The lowest BCUT2D eigenvalue weighted by Crippen LogP contribution is -2.36. The summed E-state index contributed by atoms with van der Waals surface area (Å²) in [6.45, 7) is 0. The third kappa shape index (κ3) is 3.34. The minimum Gasteiger partial charge on any atom is -0.480 e. The molecule has 84 valence electrons. The number of Topliss-reactive ketones (excluding diaryl/α,β-unsaturated/α-hetero) is 1. The maximum Gasteiger partial charge on any atom is 0.326 e. The molecule has 2 atom stereocenters. The van der Waals surface area contributed by atoms with Crippen molar-refractivity contribution in [2.24, 2.45) is 5.92 Å². The molecule has 0 radical (unpaired) electrons. The second-order valence-corrected chi connectivity index (χ2v) is 3.81. The zero-order valence-corrected chi connectivity index (χ0v) is 8.44. The molecule has 1 amide bonds. The van der Waals surface area contributed by atoms with Gasteiger partial charge in [-0.2, -0.15) is 0 Å². The van der Waals surface area contributed by atoms with Crippen molar-refractivity contribution in [1.29, 1.82) is 0 Å². The minimum absolute atomic E-state index is 0.000280. The fourth-order valence-corrected chi connectivity index (χ4v) is 1.92. The lowest BCUT2D eigenvalue weighted by Gasteiger charge is -2.13. The average molecular weight is 213 g/mol. The van der Waals surface area contributed by atoms with Crippen LogP contribution in [0.2, 0.25) is 0 Å². The summed E-state index contributed by atoms with van der Waals surface area (Å²) >= 11 is 0. The van der Waals surface area contributed by atoms with Gasteiger partial charge in [0.25, 0.3) is 0 Å². The molecule has 0 spiro atoms. The van der Waals surface area contributed by atoms with Crippen molar-refractivity contribution in [2.75, 3.05) is 0 Å². The van der Waals surface area contributed by atoms with E-state index < -0.39 is 12.0 Å². The van der Waals surface area contributed by atoms with Crippen molar-refractivity contribution in [2.45, 2.75) is 38.1 Å². The predicted molar refractivity (Wildman–Crippen MR) is 52.2 cm³/mol. The molecule has 5 nitrogen and oxygen atoms in total. The highest BCUT2D eigenvalue weighted by atomic mass is 16.4. The first-order valence-corrected chi connectivity index (χ1v) is 5.10. The molecule has 0 aromatic rings. The van der Waals surface area contributed by atoms with Crippen molar-refractivity contribution in [3.05, 3.63) is 0 Å². The number of amides is 1. The van der Waals surface area contributed by atoms with Crippen molar-refractivity contribution in [1.82, 2.24) is 5.32 Å². The van der Waals surface area contributed by atoms with Gasteiger partial charge in [0, 0.05) is 12.3 Å². The Bertz CT molecular complexity index is 264. The quantitative estimate of drug-likeness (QED) is 0.623. The average Bonchev–Trinajstić information content (AvgIpc) is 2.58. The molecule has 1 rings (SSSR count). The Hall–Kier alpha value is -1.39. The summed E-state index contributed by atoms with van der Waals surface area (Å²) in [6.07, 6.45) is 3.63. The number of carboxylic acid groups (broad SMARTS) is 1. The van der Waals surface area contributed by atoms with E-state index in [1.165, 1.54) is 0 Å².